The van der Waals surface area contributed by atoms with Crippen LogP contribution in [-0.2, 0) is 5.41 Å². The van der Waals surface area contributed by atoms with Gasteiger partial charge in [-0.1, -0.05) is 45.0 Å². The monoisotopic (exact) mass is 464 g/mol. The number of methoxy groups -OCH3 is 2. The molecule has 0 unspecified atom stereocenters. The molecule has 0 bridgehead atoms. The lowest BCUT2D eigenvalue weighted by atomic mass is 9.86. The van der Waals surface area contributed by atoms with E-state index in [1.54, 1.807) is 19.3 Å². The maximum Gasteiger partial charge on any atom is 0.235 e. The third kappa shape index (κ3) is 3.32. The van der Waals surface area contributed by atoms with Crippen molar-refractivity contribution in [2.24, 2.45) is 0 Å². The SMILES string of the molecule is COc1cc(OC)c2c(c1I)OC(=Cc1ccc(C(C)(C)C)cc1)C2=O. The predicted octanol–water partition coefficient (Wildman–Crippen LogP) is 5.22. The molecular formula is C21H21IO4. The molecule has 2 aromatic carbocycles. The number of fused-ring (bicyclic) bond motifs is 1. The van der Waals surface area contributed by atoms with Gasteiger partial charge in [-0.25, -0.2) is 0 Å². The molecule has 26 heavy (non-hydrogen) atoms. The molecule has 5 heteroatoms. The summed E-state index contributed by atoms with van der Waals surface area (Å²) in [6, 6.07) is 9.85. The first kappa shape index (κ1) is 18.8. The van der Waals surface area contributed by atoms with Crippen molar-refractivity contribution < 1.29 is 19.0 Å². The molecule has 136 valence electrons. The van der Waals surface area contributed by atoms with Gasteiger partial charge in [-0.15, -0.1) is 0 Å². The van der Waals surface area contributed by atoms with E-state index in [0.717, 1.165) is 9.13 Å². The van der Waals surface area contributed by atoms with Crippen molar-refractivity contribution in [3.05, 3.63) is 56.4 Å². The maximum absolute atomic E-state index is 12.8. The van der Waals surface area contributed by atoms with Crippen molar-refractivity contribution in [1.82, 2.24) is 0 Å². The van der Waals surface area contributed by atoms with Crippen LogP contribution in [0.25, 0.3) is 6.08 Å². The Morgan fingerprint density at radius 3 is 2.19 bits per heavy atom. The lowest BCUT2D eigenvalue weighted by Crippen LogP contribution is -2.10. The molecule has 0 atom stereocenters. The Hall–Kier alpha value is -2.02. The minimum Gasteiger partial charge on any atom is -0.496 e. The number of ether oxygens (including phenoxy) is 3. The first-order valence-corrected chi connectivity index (χ1v) is 9.33. The molecule has 0 amide bonds. The normalized spacial score (nSPS) is 15.0. The molecule has 1 aliphatic heterocycles. The minimum atomic E-state index is -0.183. The molecule has 2 aromatic rings. The first-order valence-electron chi connectivity index (χ1n) is 8.25. The smallest absolute Gasteiger partial charge is 0.235 e. The third-order valence-electron chi connectivity index (χ3n) is 4.33. The summed E-state index contributed by atoms with van der Waals surface area (Å²) < 4.78 is 17.3. The molecule has 0 aromatic heterocycles. The van der Waals surface area contributed by atoms with E-state index in [9.17, 15) is 4.79 Å². The van der Waals surface area contributed by atoms with E-state index in [4.69, 9.17) is 14.2 Å². The fourth-order valence-corrected chi connectivity index (χ4v) is 3.57. The number of allylic oxidation sites excluding steroid dienone is 1. The summed E-state index contributed by atoms with van der Waals surface area (Å²) in [5, 5.41) is 0. The fourth-order valence-electron chi connectivity index (χ4n) is 2.81. The Labute approximate surface area is 167 Å². The van der Waals surface area contributed by atoms with Crippen molar-refractivity contribution in [3.8, 4) is 17.2 Å². The van der Waals surface area contributed by atoms with Crippen molar-refractivity contribution in [3.63, 3.8) is 0 Å². The second-order valence-electron chi connectivity index (χ2n) is 7.11. The Morgan fingerprint density at radius 1 is 1.04 bits per heavy atom. The summed E-state index contributed by atoms with van der Waals surface area (Å²) >= 11 is 2.12. The number of carbonyl (C=O) groups excluding carboxylic acids is 1. The van der Waals surface area contributed by atoms with Gasteiger partial charge in [0.2, 0.25) is 5.78 Å². The fraction of sp³-hybridized carbons (Fsp3) is 0.286. The number of hydrogen-bond acceptors (Lipinski definition) is 4. The van der Waals surface area contributed by atoms with E-state index < -0.39 is 0 Å². The molecule has 1 aliphatic rings. The molecule has 0 N–H and O–H groups in total. The zero-order valence-corrected chi connectivity index (χ0v) is 17.6. The van der Waals surface area contributed by atoms with Gasteiger partial charge in [-0.05, 0) is 45.2 Å². The van der Waals surface area contributed by atoms with E-state index in [2.05, 4.69) is 55.5 Å². The average molecular weight is 464 g/mol. The summed E-state index contributed by atoms with van der Waals surface area (Å²) in [6.07, 6.45) is 1.76. The number of hydrogen-bond donors (Lipinski definition) is 0. The van der Waals surface area contributed by atoms with Crippen molar-refractivity contribution in [2.75, 3.05) is 14.2 Å². The molecule has 0 saturated carbocycles. The number of benzene rings is 2. The van der Waals surface area contributed by atoms with Crippen LogP contribution in [0.4, 0.5) is 0 Å². The predicted molar refractivity (Wildman–Crippen MR) is 110 cm³/mol. The van der Waals surface area contributed by atoms with Gasteiger partial charge >= 0.3 is 0 Å². The highest BCUT2D eigenvalue weighted by Crippen LogP contribution is 2.45. The Kier molecular flexibility index (Phi) is 5.01. The van der Waals surface area contributed by atoms with Gasteiger partial charge in [0.1, 0.15) is 17.1 Å². The average Bonchev–Trinajstić information content (AvgIpc) is 2.93. The first-order chi connectivity index (χ1) is 12.3. The van der Waals surface area contributed by atoms with Gasteiger partial charge in [-0.3, -0.25) is 4.79 Å². The maximum atomic E-state index is 12.8. The molecule has 0 fully saturated rings. The highest BCUT2D eigenvalue weighted by atomic mass is 127. The van der Waals surface area contributed by atoms with E-state index in [1.807, 2.05) is 12.1 Å². The summed E-state index contributed by atoms with van der Waals surface area (Å²) in [4.78, 5) is 12.8. The van der Waals surface area contributed by atoms with Gasteiger partial charge in [0.15, 0.2) is 11.5 Å². The van der Waals surface area contributed by atoms with Gasteiger partial charge in [0.25, 0.3) is 0 Å². The van der Waals surface area contributed by atoms with Crippen molar-refractivity contribution >= 4 is 34.5 Å². The van der Waals surface area contributed by atoms with Crippen LogP contribution in [0.1, 0.15) is 42.3 Å². The van der Waals surface area contributed by atoms with Crippen LogP contribution in [0, 0.1) is 3.57 Å². The standard InChI is InChI=1S/C21H21IO4/c1-21(2,3)13-8-6-12(7-9-13)10-16-19(23)17-14(24-4)11-15(25-5)18(22)20(17)26-16/h6-11H,1-5H3. The van der Waals surface area contributed by atoms with Crippen LogP contribution >= 0.6 is 22.6 Å². The molecule has 0 aliphatic carbocycles. The minimum absolute atomic E-state index is 0.0849. The lowest BCUT2D eigenvalue weighted by Gasteiger charge is -2.18. The van der Waals surface area contributed by atoms with Crippen LogP contribution in [0.5, 0.6) is 17.2 Å². The van der Waals surface area contributed by atoms with E-state index >= 15 is 0 Å². The molecule has 1 heterocycles. The van der Waals surface area contributed by atoms with Crippen molar-refractivity contribution in [2.45, 2.75) is 26.2 Å². The summed E-state index contributed by atoms with van der Waals surface area (Å²) in [5.74, 6) is 1.66. The third-order valence-corrected chi connectivity index (χ3v) is 5.35. The number of Topliss-reactive ketones (excluding diaryl/α,β-unsaturated/α-hetero) is 1. The molecule has 0 spiro atoms. The second kappa shape index (κ2) is 6.95. The second-order valence-corrected chi connectivity index (χ2v) is 8.19. The van der Waals surface area contributed by atoms with Crippen LogP contribution in [-0.4, -0.2) is 20.0 Å². The van der Waals surface area contributed by atoms with Crippen LogP contribution < -0.4 is 14.2 Å². The molecule has 3 rings (SSSR count). The topological polar surface area (TPSA) is 44.8 Å². The molecule has 0 radical (unpaired) electrons. The lowest BCUT2D eigenvalue weighted by molar-refractivity contribution is 0.101. The highest BCUT2D eigenvalue weighted by Gasteiger charge is 2.34. The largest absolute Gasteiger partial charge is 0.496 e. The molecular weight excluding hydrogens is 443 g/mol. The van der Waals surface area contributed by atoms with Crippen LogP contribution in [0.2, 0.25) is 0 Å². The van der Waals surface area contributed by atoms with Crippen LogP contribution in [0.3, 0.4) is 0 Å². The van der Waals surface area contributed by atoms with Gasteiger partial charge in [0.05, 0.1) is 17.8 Å². The van der Waals surface area contributed by atoms with Gasteiger partial charge in [0, 0.05) is 6.07 Å². The number of carbonyl (C=O) groups is 1. The van der Waals surface area contributed by atoms with Gasteiger partial charge in [-0.2, -0.15) is 0 Å². The highest BCUT2D eigenvalue weighted by molar-refractivity contribution is 14.1. The zero-order valence-electron chi connectivity index (χ0n) is 15.5. The summed E-state index contributed by atoms with van der Waals surface area (Å²) in [6.45, 7) is 6.51. The Bertz CT molecular complexity index is 890. The number of halogens is 1. The Balaban J connectivity index is 2.00. The van der Waals surface area contributed by atoms with E-state index in [1.165, 1.54) is 12.7 Å². The Morgan fingerprint density at radius 2 is 1.65 bits per heavy atom. The summed E-state index contributed by atoms with van der Waals surface area (Å²) in [7, 11) is 3.11. The van der Waals surface area contributed by atoms with Crippen LogP contribution in [0.15, 0.2) is 36.1 Å². The quantitative estimate of drug-likeness (QED) is 0.462. The van der Waals surface area contributed by atoms with E-state index in [0.29, 0.717) is 22.8 Å². The van der Waals surface area contributed by atoms with Crippen molar-refractivity contribution in [1.29, 1.82) is 0 Å². The molecule has 4 nitrogen and oxygen atoms in total. The van der Waals surface area contributed by atoms with E-state index in [-0.39, 0.29) is 17.0 Å². The zero-order chi connectivity index (χ0) is 19.1. The number of ketones is 1. The molecule has 0 saturated heterocycles. The van der Waals surface area contributed by atoms with Gasteiger partial charge < -0.3 is 14.2 Å². The number of rotatable bonds is 3. The summed E-state index contributed by atoms with van der Waals surface area (Å²) in [5.41, 5.74) is 2.68.